The summed E-state index contributed by atoms with van der Waals surface area (Å²) in [5, 5.41) is 8.99. The number of aromatic nitrogens is 1. The van der Waals surface area contributed by atoms with E-state index < -0.39 is 5.97 Å². The number of hydrogen-bond donors (Lipinski definition) is 1. The first-order valence-corrected chi connectivity index (χ1v) is 6.64. The standard InChI is InChI=1S/C15H18N2O3/c1-10(11(2)15(19)20)14(18)17-8-4-6-13(17)12-5-3-7-16-9-12/h3,5,7,9,13H,4,6,8H2,1-2H3,(H,19,20). The fraction of sp³-hybridized carbons (Fsp3) is 0.400. The zero-order valence-electron chi connectivity index (χ0n) is 11.7. The summed E-state index contributed by atoms with van der Waals surface area (Å²) in [6, 6.07) is 3.79. The van der Waals surface area contributed by atoms with Gasteiger partial charge in [-0.2, -0.15) is 0 Å². The van der Waals surface area contributed by atoms with Crippen molar-refractivity contribution in [1.29, 1.82) is 0 Å². The van der Waals surface area contributed by atoms with E-state index in [2.05, 4.69) is 4.98 Å². The van der Waals surface area contributed by atoms with E-state index >= 15 is 0 Å². The first-order chi connectivity index (χ1) is 9.52. The molecule has 106 valence electrons. The van der Waals surface area contributed by atoms with Crippen molar-refractivity contribution >= 4 is 11.9 Å². The second-order valence-corrected chi connectivity index (χ2v) is 5.00. The Balaban J connectivity index is 2.26. The number of rotatable bonds is 3. The molecule has 1 aromatic heterocycles. The Labute approximate surface area is 117 Å². The second-order valence-electron chi connectivity index (χ2n) is 5.00. The highest BCUT2D eigenvalue weighted by Gasteiger charge is 2.31. The van der Waals surface area contributed by atoms with Crippen molar-refractivity contribution in [3.8, 4) is 0 Å². The number of carboxylic acids is 1. The van der Waals surface area contributed by atoms with Crippen molar-refractivity contribution in [3.05, 3.63) is 41.2 Å². The minimum atomic E-state index is -1.05. The van der Waals surface area contributed by atoms with Gasteiger partial charge in [0, 0.05) is 30.1 Å². The topological polar surface area (TPSA) is 70.5 Å². The molecule has 1 fully saturated rings. The van der Waals surface area contributed by atoms with E-state index in [1.165, 1.54) is 6.92 Å². The molecule has 1 N–H and O–H groups in total. The van der Waals surface area contributed by atoms with E-state index in [9.17, 15) is 9.59 Å². The molecule has 0 radical (unpaired) electrons. The Bertz CT molecular complexity index is 551. The van der Waals surface area contributed by atoms with Crippen molar-refractivity contribution in [2.24, 2.45) is 0 Å². The van der Waals surface area contributed by atoms with Crippen LogP contribution < -0.4 is 0 Å². The Morgan fingerprint density at radius 3 is 2.70 bits per heavy atom. The first kappa shape index (κ1) is 14.2. The molecule has 5 heteroatoms. The van der Waals surface area contributed by atoms with Crippen LogP contribution in [0.5, 0.6) is 0 Å². The van der Waals surface area contributed by atoms with Crippen molar-refractivity contribution in [2.75, 3.05) is 6.54 Å². The molecule has 0 aromatic carbocycles. The summed E-state index contributed by atoms with van der Waals surface area (Å²) in [5.41, 5.74) is 1.40. The van der Waals surface area contributed by atoms with Crippen molar-refractivity contribution in [2.45, 2.75) is 32.7 Å². The number of amides is 1. The molecule has 2 rings (SSSR count). The molecule has 20 heavy (non-hydrogen) atoms. The Morgan fingerprint density at radius 1 is 1.35 bits per heavy atom. The monoisotopic (exact) mass is 274 g/mol. The molecule has 1 aliphatic heterocycles. The summed E-state index contributed by atoms with van der Waals surface area (Å²) in [5.74, 6) is -1.25. The van der Waals surface area contributed by atoms with Gasteiger partial charge < -0.3 is 10.0 Å². The predicted molar refractivity (Wildman–Crippen MR) is 73.9 cm³/mol. The largest absolute Gasteiger partial charge is 0.478 e. The third-order valence-corrected chi connectivity index (χ3v) is 3.79. The smallest absolute Gasteiger partial charge is 0.331 e. The number of likely N-dealkylation sites (tertiary alicyclic amines) is 1. The number of nitrogens with zero attached hydrogens (tertiary/aromatic N) is 2. The molecule has 2 heterocycles. The Hall–Kier alpha value is -2.17. The van der Waals surface area contributed by atoms with Gasteiger partial charge >= 0.3 is 5.97 Å². The molecule has 1 aromatic rings. The van der Waals surface area contributed by atoms with Gasteiger partial charge in [0.15, 0.2) is 0 Å². The van der Waals surface area contributed by atoms with Gasteiger partial charge in [0.25, 0.3) is 5.91 Å². The summed E-state index contributed by atoms with van der Waals surface area (Å²) < 4.78 is 0. The van der Waals surface area contributed by atoms with Crippen LogP contribution in [0.3, 0.4) is 0 Å². The maximum Gasteiger partial charge on any atom is 0.331 e. The summed E-state index contributed by atoms with van der Waals surface area (Å²) in [6.07, 6.45) is 5.27. The van der Waals surface area contributed by atoms with Gasteiger partial charge in [-0.3, -0.25) is 9.78 Å². The summed E-state index contributed by atoms with van der Waals surface area (Å²) in [4.78, 5) is 29.3. The van der Waals surface area contributed by atoms with Gasteiger partial charge in [-0.25, -0.2) is 4.79 Å². The third kappa shape index (κ3) is 2.71. The van der Waals surface area contributed by atoms with E-state index in [4.69, 9.17) is 5.11 Å². The highest BCUT2D eigenvalue weighted by molar-refractivity contribution is 6.01. The number of carboxylic acid groups (broad SMARTS) is 1. The van der Waals surface area contributed by atoms with Crippen LogP contribution in [0.1, 0.15) is 38.3 Å². The number of pyridine rings is 1. The molecule has 1 atom stereocenters. The molecule has 0 saturated carbocycles. The number of hydrogen-bond acceptors (Lipinski definition) is 3. The van der Waals surface area contributed by atoms with E-state index in [1.54, 1.807) is 24.2 Å². The lowest BCUT2D eigenvalue weighted by Gasteiger charge is -2.25. The maximum absolute atomic E-state index is 12.5. The van der Waals surface area contributed by atoms with Gasteiger partial charge in [-0.1, -0.05) is 6.07 Å². The van der Waals surface area contributed by atoms with E-state index in [-0.39, 0.29) is 17.5 Å². The molecule has 1 amide bonds. The Morgan fingerprint density at radius 2 is 2.10 bits per heavy atom. The molecular formula is C15H18N2O3. The highest BCUT2D eigenvalue weighted by Crippen LogP contribution is 2.32. The number of carbonyl (C=O) groups is 2. The SMILES string of the molecule is CC(C(=O)O)=C(C)C(=O)N1CCCC1c1cccnc1. The minimum Gasteiger partial charge on any atom is -0.478 e. The third-order valence-electron chi connectivity index (χ3n) is 3.79. The van der Waals surface area contributed by atoms with Crippen LogP contribution in [0.4, 0.5) is 0 Å². The lowest BCUT2D eigenvalue weighted by molar-refractivity contribution is -0.134. The lowest BCUT2D eigenvalue weighted by atomic mass is 10.1. The van der Waals surface area contributed by atoms with Crippen LogP contribution in [0.2, 0.25) is 0 Å². The van der Waals surface area contributed by atoms with Crippen LogP contribution in [0, 0.1) is 0 Å². The minimum absolute atomic E-state index is 0.00672. The average Bonchev–Trinajstić information content (AvgIpc) is 2.95. The molecular weight excluding hydrogens is 256 g/mol. The maximum atomic E-state index is 12.5. The van der Waals surface area contributed by atoms with Crippen LogP contribution in [-0.2, 0) is 9.59 Å². The zero-order valence-corrected chi connectivity index (χ0v) is 11.7. The fourth-order valence-electron chi connectivity index (χ4n) is 2.47. The van der Waals surface area contributed by atoms with E-state index in [1.807, 2.05) is 12.1 Å². The van der Waals surface area contributed by atoms with Crippen LogP contribution in [-0.4, -0.2) is 33.4 Å². The highest BCUT2D eigenvalue weighted by atomic mass is 16.4. The molecule has 0 spiro atoms. The zero-order chi connectivity index (χ0) is 14.7. The molecule has 0 aliphatic carbocycles. The first-order valence-electron chi connectivity index (χ1n) is 6.64. The Kier molecular flexibility index (Phi) is 4.17. The second kappa shape index (κ2) is 5.86. The molecule has 1 saturated heterocycles. The van der Waals surface area contributed by atoms with Crippen molar-refractivity contribution < 1.29 is 14.7 Å². The van der Waals surface area contributed by atoms with E-state index in [0.717, 1.165) is 18.4 Å². The van der Waals surface area contributed by atoms with Crippen molar-refractivity contribution in [3.63, 3.8) is 0 Å². The average molecular weight is 274 g/mol. The fourth-order valence-corrected chi connectivity index (χ4v) is 2.47. The van der Waals surface area contributed by atoms with Crippen LogP contribution >= 0.6 is 0 Å². The number of carbonyl (C=O) groups excluding carboxylic acids is 1. The van der Waals surface area contributed by atoms with Gasteiger partial charge in [0.05, 0.1) is 6.04 Å². The van der Waals surface area contributed by atoms with Gasteiger partial charge in [-0.15, -0.1) is 0 Å². The van der Waals surface area contributed by atoms with Crippen LogP contribution in [0.15, 0.2) is 35.7 Å². The molecule has 5 nitrogen and oxygen atoms in total. The lowest BCUT2D eigenvalue weighted by Crippen LogP contribution is -2.32. The van der Waals surface area contributed by atoms with E-state index in [0.29, 0.717) is 12.1 Å². The van der Waals surface area contributed by atoms with Gasteiger partial charge in [-0.05, 0) is 38.3 Å². The van der Waals surface area contributed by atoms with Gasteiger partial charge in [0.1, 0.15) is 0 Å². The molecule has 0 bridgehead atoms. The summed E-state index contributed by atoms with van der Waals surface area (Å²) in [6.45, 7) is 3.69. The van der Waals surface area contributed by atoms with Crippen molar-refractivity contribution in [1.82, 2.24) is 9.88 Å². The summed E-state index contributed by atoms with van der Waals surface area (Å²) in [7, 11) is 0. The molecule has 1 unspecified atom stereocenters. The molecule has 1 aliphatic rings. The normalized spacial score (nSPS) is 19.7. The quantitative estimate of drug-likeness (QED) is 0.857. The summed E-state index contributed by atoms with van der Waals surface area (Å²) >= 11 is 0. The predicted octanol–water partition coefficient (Wildman–Crippen LogP) is 2.17. The number of aliphatic carboxylic acids is 1. The van der Waals surface area contributed by atoms with Gasteiger partial charge in [0.2, 0.25) is 0 Å². The van der Waals surface area contributed by atoms with Crippen LogP contribution in [0.25, 0.3) is 0 Å².